The standard InChI is InChI=1S/C26H26N4O6S/c1-15(16-7-5-4-6-8-16)22(23(32)29-25-27-19(14-37-25)20(31)13-35-2)30-24(33)21(28-26(30)34)17-9-11-18(36-3)12-10-17/h4-12,14-15,21-22H,13H2,1-3H3,(H,28,34)(H,27,29,32)/t15-,21?,22-/m0/s1. The first-order valence-corrected chi connectivity index (χ1v) is 12.3. The van der Waals surface area contributed by atoms with Crippen LogP contribution in [0.3, 0.4) is 0 Å². The third-order valence-electron chi connectivity index (χ3n) is 6.06. The first kappa shape index (κ1) is 26.0. The highest BCUT2D eigenvalue weighted by molar-refractivity contribution is 7.14. The zero-order valence-corrected chi connectivity index (χ0v) is 21.3. The molecule has 3 atom stereocenters. The van der Waals surface area contributed by atoms with Gasteiger partial charge in [-0.15, -0.1) is 11.3 Å². The number of methoxy groups -OCH3 is 2. The number of ketones is 1. The van der Waals surface area contributed by atoms with E-state index >= 15 is 0 Å². The Morgan fingerprint density at radius 3 is 2.46 bits per heavy atom. The van der Waals surface area contributed by atoms with Crippen LogP contribution < -0.4 is 15.4 Å². The first-order chi connectivity index (χ1) is 17.8. The predicted molar refractivity (Wildman–Crippen MR) is 137 cm³/mol. The molecule has 10 nitrogen and oxygen atoms in total. The molecular formula is C26H26N4O6S. The molecule has 0 radical (unpaired) electrons. The number of amides is 4. The van der Waals surface area contributed by atoms with Crippen LogP contribution in [0.2, 0.25) is 0 Å². The smallest absolute Gasteiger partial charge is 0.325 e. The summed E-state index contributed by atoms with van der Waals surface area (Å²) in [7, 11) is 2.94. The minimum atomic E-state index is -1.18. The van der Waals surface area contributed by atoms with E-state index in [4.69, 9.17) is 9.47 Å². The van der Waals surface area contributed by atoms with Crippen LogP contribution in [-0.2, 0) is 14.3 Å². The number of hydrogen-bond donors (Lipinski definition) is 2. The fourth-order valence-electron chi connectivity index (χ4n) is 4.13. The summed E-state index contributed by atoms with van der Waals surface area (Å²) in [6, 6.07) is 13.1. The van der Waals surface area contributed by atoms with E-state index in [9.17, 15) is 19.2 Å². The molecule has 0 aliphatic carbocycles. The lowest BCUT2D eigenvalue weighted by atomic mass is 9.91. The number of carbonyl (C=O) groups excluding carboxylic acids is 4. The van der Waals surface area contributed by atoms with Gasteiger partial charge in [0.05, 0.1) is 7.11 Å². The van der Waals surface area contributed by atoms with Gasteiger partial charge in [0, 0.05) is 18.4 Å². The van der Waals surface area contributed by atoms with Crippen LogP contribution in [0, 0.1) is 0 Å². The highest BCUT2D eigenvalue weighted by Gasteiger charge is 2.47. The van der Waals surface area contributed by atoms with E-state index in [1.165, 1.54) is 19.6 Å². The molecule has 2 heterocycles. The third kappa shape index (κ3) is 5.52. The summed E-state index contributed by atoms with van der Waals surface area (Å²) in [4.78, 5) is 57.4. The van der Waals surface area contributed by atoms with Crippen molar-refractivity contribution in [1.82, 2.24) is 15.2 Å². The van der Waals surface area contributed by atoms with Crippen LogP contribution in [0.5, 0.6) is 5.75 Å². The van der Waals surface area contributed by atoms with Crippen molar-refractivity contribution in [3.63, 3.8) is 0 Å². The Balaban J connectivity index is 1.63. The minimum Gasteiger partial charge on any atom is -0.497 e. The number of Topliss-reactive ketones (excluding diaryl/α,β-unsaturated/α-hetero) is 1. The maximum absolute atomic E-state index is 13.6. The van der Waals surface area contributed by atoms with Gasteiger partial charge in [-0.3, -0.25) is 14.4 Å². The number of urea groups is 1. The van der Waals surface area contributed by atoms with Gasteiger partial charge in [-0.05, 0) is 23.3 Å². The molecule has 4 rings (SSSR count). The molecule has 37 heavy (non-hydrogen) atoms. The molecule has 1 fully saturated rings. The molecule has 1 saturated heterocycles. The zero-order chi connectivity index (χ0) is 26.5. The van der Waals surface area contributed by atoms with Gasteiger partial charge < -0.3 is 20.1 Å². The van der Waals surface area contributed by atoms with Crippen LogP contribution in [0.1, 0.15) is 40.5 Å². The molecule has 2 N–H and O–H groups in total. The first-order valence-electron chi connectivity index (χ1n) is 11.4. The summed E-state index contributed by atoms with van der Waals surface area (Å²) in [6.07, 6.45) is 0. The predicted octanol–water partition coefficient (Wildman–Crippen LogP) is 3.38. The lowest BCUT2D eigenvalue weighted by Gasteiger charge is -2.29. The van der Waals surface area contributed by atoms with Gasteiger partial charge in [0.15, 0.2) is 5.13 Å². The second-order valence-electron chi connectivity index (χ2n) is 8.39. The van der Waals surface area contributed by atoms with E-state index in [1.54, 1.807) is 31.2 Å². The lowest BCUT2D eigenvalue weighted by molar-refractivity contribution is -0.134. The van der Waals surface area contributed by atoms with Crippen molar-refractivity contribution in [2.24, 2.45) is 0 Å². The van der Waals surface area contributed by atoms with Crippen molar-refractivity contribution in [1.29, 1.82) is 0 Å². The number of benzene rings is 2. The molecule has 3 aromatic rings. The molecule has 0 bridgehead atoms. The number of aromatic nitrogens is 1. The van der Waals surface area contributed by atoms with E-state index in [2.05, 4.69) is 15.6 Å². The van der Waals surface area contributed by atoms with Crippen LogP contribution in [0.15, 0.2) is 60.0 Å². The van der Waals surface area contributed by atoms with Gasteiger partial charge in [-0.1, -0.05) is 49.4 Å². The van der Waals surface area contributed by atoms with Crippen molar-refractivity contribution in [3.05, 3.63) is 76.8 Å². The molecule has 0 spiro atoms. The molecule has 4 amide bonds. The Labute approximate surface area is 217 Å². The van der Waals surface area contributed by atoms with Crippen molar-refractivity contribution in [3.8, 4) is 5.75 Å². The molecule has 2 aromatic carbocycles. The molecule has 1 aromatic heterocycles. The van der Waals surface area contributed by atoms with Crippen molar-refractivity contribution in [2.45, 2.75) is 24.9 Å². The molecular weight excluding hydrogens is 496 g/mol. The summed E-state index contributed by atoms with van der Waals surface area (Å²) in [5.74, 6) is -1.41. The van der Waals surface area contributed by atoms with Crippen molar-refractivity contribution < 1.29 is 28.7 Å². The number of imide groups is 1. The fourth-order valence-corrected chi connectivity index (χ4v) is 4.85. The largest absolute Gasteiger partial charge is 0.497 e. The maximum Gasteiger partial charge on any atom is 0.325 e. The summed E-state index contributed by atoms with van der Waals surface area (Å²) in [5.41, 5.74) is 1.49. The van der Waals surface area contributed by atoms with E-state index in [0.29, 0.717) is 11.3 Å². The van der Waals surface area contributed by atoms with E-state index in [1.807, 2.05) is 30.3 Å². The minimum absolute atomic E-state index is 0.139. The lowest BCUT2D eigenvalue weighted by Crippen LogP contribution is -2.50. The number of carbonyl (C=O) groups is 4. The van der Waals surface area contributed by atoms with E-state index in [0.717, 1.165) is 21.8 Å². The molecule has 192 valence electrons. The van der Waals surface area contributed by atoms with Crippen molar-refractivity contribution in [2.75, 3.05) is 26.1 Å². The number of nitrogens with zero attached hydrogens (tertiary/aromatic N) is 2. The number of thiazole rings is 1. The van der Waals surface area contributed by atoms with Crippen LogP contribution in [0.4, 0.5) is 9.93 Å². The maximum atomic E-state index is 13.6. The fraction of sp³-hybridized carbons (Fsp3) is 0.269. The summed E-state index contributed by atoms with van der Waals surface area (Å²) in [5, 5.41) is 7.06. The second-order valence-corrected chi connectivity index (χ2v) is 9.25. The monoisotopic (exact) mass is 522 g/mol. The molecule has 1 aliphatic rings. The summed E-state index contributed by atoms with van der Waals surface area (Å²) >= 11 is 1.07. The average molecular weight is 523 g/mol. The Hall–Kier alpha value is -4.09. The van der Waals surface area contributed by atoms with Crippen LogP contribution >= 0.6 is 11.3 Å². The number of hydrogen-bond acceptors (Lipinski definition) is 8. The summed E-state index contributed by atoms with van der Waals surface area (Å²) in [6.45, 7) is 1.64. The Bertz CT molecular complexity index is 1290. The van der Waals surface area contributed by atoms with Gasteiger partial charge >= 0.3 is 6.03 Å². The Kier molecular flexibility index (Phi) is 7.95. The van der Waals surface area contributed by atoms with Gasteiger partial charge in [0.1, 0.15) is 30.1 Å². The molecule has 11 heteroatoms. The van der Waals surface area contributed by atoms with Gasteiger partial charge in [-0.25, -0.2) is 14.7 Å². The van der Waals surface area contributed by atoms with Crippen molar-refractivity contribution >= 4 is 40.1 Å². The third-order valence-corrected chi connectivity index (χ3v) is 6.82. The number of nitrogens with one attached hydrogen (secondary N) is 2. The Morgan fingerprint density at radius 2 is 1.81 bits per heavy atom. The van der Waals surface area contributed by atoms with Crippen LogP contribution in [0.25, 0.3) is 0 Å². The number of ether oxygens (including phenoxy) is 2. The normalized spacial score (nSPS) is 16.7. The van der Waals surface area contributed by atoms with Crippen LogP contribution in [-0.4, -0.2) is 60.4 Å². The zero-order valence-electron chi connectivity index (χ0n) is 20.5. The SMILES string of the molecule is COCC(=O)c1csc(NC(=O)[C@H]([C@@H](C)c2ccccc2)N2C(=O)NC(c3ccc(OC)cc3)C2=O)n1. The summed E-state index contributed by atoms with van der Waals surface area (Å²) < 4.78 is 10.0. The van der Waals surface area contributed by atoms with E-state index in [-0.39, 0.29) is 23.2 Å². The highest BCUT2D eigenvalue weighted by atomic mass is 32.1. The van der Waals surface area contributed by atoms with Gasteiger partial charge in [0.2, 0.25) is 11.7 Å². The molecule has 1 aliphatic heterocycles. The Morgan fingerprint density at radius 1 is 1.11 bits per heavy atom. The highest BCUT2D eigenvalue weighted by Crippen LogP contribution is 2.31. The topological polar surface area (TPSA) is 127 Å². The quantitative estimate of drug-likeness (QED) is 0.309. The molecule has 1 unspecified atom stereocenters. The van der Waals surface area contributed by atoms with E-state index < -0.39 is 35.8 Å². The average Bonchev–Trinajstić information content (AvgIpc) is 3.49. The number of rotatable bonds is 10. The molecule has 0 saturated carbocycles. The van der Waals surface area contributed by atoms with Gasteiger partial charge in [-0.2, -0.15) is 0 Å². The second kappa shape index (κ2) is 11.3. The van der Waals surface area contributed by atoms with Gasteiger partial charge in [0.25, 0.3) is 5.91 Å². The number of anilines is 1.